The second kappa shape index (κ2) is 11.5. The Balaban J connectivity index is 0.00000272. The number of hydrogen-bond donors (Lipinski definition) is 2. The number of hydrogen-bond acceptors (Lipinski definition) is 3. The zero-order valence-electron chi connectivity index (χ0n) is 18.4. The van der Waals surface area contributed by atoms with Gasteiger partial charge in [0.05, 0.1) is 5.69 Å². The van der Waals surface area contributed by atoms with Gasteiger partial charge in [0.25, 0.3) is 0 Å². The van der Waals surface area contributed by atoms with Gasteiger partial charge in [0.15, 0.2) is 5.96 Å². The molecule has 0 bridgehead atoms. The van der Waals surface area contributed by atoms with Crippen LogP contribution in [0.2, 0.25) is 0 Å². The molecule has 1 atom stereocenters. The van der Waals surface area contributed by atoms with Crippen molar-refractivity contribution >= 4 is 35.6 Å². The molecule has 1 fully saturated rings. The number of pyridine rings is 1. The Labute approximate surface area is 202 Å². The van der Waals surface area contributed by atoms with Crippen LogP contribution in [0.1, 0.15) is 29.7 Å². The van der Waals surface area contributed by atoms with E-state index >= 15 is 0 Å². The van der Waals surface area contributed by atoms with E-state index in [1.165, 1.54) is 30.5 Å². The first-order chi connectivity index (χ1) is 14.7. The van der Waals surface area contributed by atoms with E-state index in [0.717, 1.165) is 43.4 Å². The molecule has 7 heteroatoms. The molecule has 166 valence electrons. The Hall–Kier alpha value is -2.13. The lowest BCUT2D eigenvalue weighted by atomic mass is 10.2. The van der Waals surface area contributed by atoms with Crippen molar-refractivity contribution in [1.29, 1.82) is 0 Å². The van der Waals surface area contributed by atoms with Gasteiger partial charge in [-0.05, 0) is 43.5 Å². The van der Waals surface area contributed by atoms with Crippen LogP contribution in [0.5, 0.6) is 0 Å². The molecule has 0 amide bonds. The fraction of sp³-hybridized carbons (Fsp3) is 0.417. The average Bonchev–Trinajstić information content (AvgIpc) is 3.38. The maximum Gasteiger partial charge on any atom is 0.191 e. The highest BCUT2D eigenvalue weighted by molar-refractivity contribution is 14.0. The first-order valence-corrected chi connectivity index (χ1v) is 10.9. The van der Waals surface area contributed by atoms with E-state index in [-0.39, 0.29) is 24.0 Å². The molecule has 3 heterocycles. The van der Waals surface area contributed by atoms with Crippen molar-refractivity contribution in [3.8, 4) is 0 Å². The molecule has 3 aromatic rings. The third-order valence-electron chi connectivity index (χ3n) is 5.86. The Kier molecular flexibility index (Phi) is 8.71. The van der Waals surface area contributed by atoms with Gasteiger partial charge < -0.3 is 15.0 Å². The lowest BCUT2D eigenvalue weighted by Crippen LogP contribution is -2.45. The van der Waals surface area contributed by atoms with Crippen LogP contribution >= 0.6 is 24.0 Å². The van der Waals surface area contributed by atoms with Crippen LogP contribution < -0.4 is 10.6 Å². The average molecular weight is 532 g/mol. The van der Waals surface area contributed by atoms with Gasteiger partial charge in [-0.15, -0.1) is 24.0 Å². The number of guanidine groups is 1. The van der Waals surface area contributed by atoms with Crippen molar-refractivity contribution in [3.05, 3.63) is 71.7 Å². The van der Waals surface area contributed by atoms with Gasteiger partial charge in [-0.25, -0.2) is 4.98 Å². The molecule has 0 radical (unpaired) electrons. The van der Waals surface area contributed by atoms with Gasteiger partial charge in [0.1, 0.15) is 5.65 Å². The van der Waals surface area contributed by atoms with Crippen LogP contribution in [-0.2, 0) is 13.0 Å². The van der Waals surface area contributed by atoms with E-state index in [1.807, 2.05) is 7.05 Å². The molecule has 0 spiro atoms. The first kappa shape index (κ1) is 23.5. The number of nitrogens with zero attached hydrogens (tertiary/aromatic N) is 4. The highest BCUT2D eigenvalue weighted by Crippen LogP contribution is 2.19. The van der Waals surface area contributed by atoms with E-state index in [0.29, 0.717) is 6.04 Å². The Bertz CT molecular complexity index is 984. The van der Waals surface area contributed by atoms with Gasteiger partial charge in [-0.2, -0.15) is 0 Å². The van der Waals surface area contributed by atoms with E-state index in [4.69, 9.17) is 4.98 Å². The monoisotopic (exact) mass is 532 g/mol. The lowest BCUT2D eigenvalue weighted by Gasteiger charge is -2.25. The summed E-state index contributed by atoms with van der Waals surface area (Å²) < 4.78 is 2.10. The fourth-order valence-corrected chi connectivity index (χ4v) is 4.22. The van der Waals surface area contributed by atoms with E-state index < -0.39 is 0 Å². The number of aromatic nitrogens is 2. The van der Waals surface area contributed by atoms with Crippen molar-refractivity contribution in [2.45, 2.75) is 38.8 Å². The minimum Gasteiger partial charge on any atom is -0.356 e. The summed E-state index contributed by atoms with van der Waals surface area (Å²) in [5.74, 6) is 0.863. The highest BCUT2D eigenvalue weighted by atomic mass is 127. The molecule has 31 heavy (non-hydrogen) atoms. The number of likely N-dealkylation sites (tertiary alicyclic amines) is 1. The number of benzene rings is 1. The van der Waals surface area contributed by atoms with E-state index in [9.17, 15) is 0 Å². The summed E-state index contributed by atoms with van der Waals surface area (Å²) in [5.41, 5.74) is 4.72. The van der Waals surface area contributed by atoms with Crippen molar-refractivity contribution in [1.82, 2.24) is 24.9 Å². The molecule has 2 aromatic heterocycles. The van der Waals surface area contributed by atoms with Crippen molar-refractivity contribution in [2.24, 2.45) is 4.99 Å². The van der Waals surface area contributed by atoms with E-state index in [2.05, 4.69) is 86.7 Å². The first-order valence-electron chi connectivity index (χ1n) is 10.9. The van der Waals surface area contributed by atoms with Crippen LogP contribution in [0.4, 0.5) is 0 Å². The number of rotatable bonds is 7. The largest absolute Gasteiger partial charge is 0.356 e. The van der Waals surface area contributed by atoms with Crippen LogP contribution in [-0.4, -0.2) is 53.0 Å². The second-order valence-electron chi connectivity index (χ2n) is 8.04. The second-order valence-corrected chi connectivity index (χ2v) is 8.04. The van der Waals surface area contributed by atoms with E-state index in [1.54, 1.807) is 0 Å². The third-order valence-corrected chi connectivity index (χ3v) is 5.86. The molecule has 1 aliphatic heterocycles. The summed E-state index contributed by atoms with van der Waals surface area (Å²) in [6.07, 6.45) is 7.52. The van der Waals surface area contributed by atoms with Gasteiger partial charge in [-0.3, -0.25) is 9.89 Å². The predicted molar refractivity (Wildman–Crippen MR) is 138 cm³/mol. The van der Waals surface area contributed by atoms with Crippen molar-refractivity contribution in [2.75, 3.05) is 26.7 Å². The molecule has 4 rings (SSSR count). The molecule has 6 nitrogen and oxygen atoms in total. The van der Waals surface area contributed by atoms with Gasteiger partial charge >= 0.3 is 0 Å². The van der Waals surface area contributed by atoms with Crippen LogP contribution in [0.25, 0.3) is 5.65 Å². The number of imidazole rings is 1. The van der Waals surface area contributed by atoms with Crippen LogP contribution in [0.15, 0.2) is 59.9 Å². The summed E-state index contributed by atoms with van der Waals surface area (Å²) >= 11 is 0. The smallest absolute Gasteiger partial charge is 0.191 e. The number of halogens is 1. The number of aliphatic imine (C=N–C) groups is 1. The Morgan fingerprint density at radius 1 is 1.16 bits per heavy atom. The van der Waals surface area contributed by atoms with Crippen LogP contribution in [0, 0.1) is 6.92 Å². The molecule has 0 saturated carbocycles. The third kappa shape index (κ3) is 6.20. The maximum atomic E-state index is 4.75. The quantitative estimate of drug-likeness (QED) is 0.277. The molecule has 1 aliphatic rings. The SMILES string of the molecule is CN=C(NCCc1cn2cccc(C)c2n1)NCC1CCCN1Cc1ccccc1.I. The summed E-state index contributed by atoms with van der Waals surface area (Å²) in [7, 11) is 1.83. The zero-order chi connectivity index (χ0) is 20.8. The summed E-state index contributed by atoms with van der Waals surface area (Å²) in [5, 5.41) is 6.96. The molecule has 0 aliphatic carbocycles. The normalized spacial score (nSPS) is 17.0. The summed E-state index contributed by atoms with van der Waals surface area (Å²) in [6, 6.07) is 15.4. The van der Waals surface area contributed by atoms with Gasteiger partial charge in [-0.1, -0.05) is 36.4 Å². The predicted octanol–water partition coefficient (Wildman–Crippen LogP) is 3.63. The van der Waals surface area contributed by atoms with Gasteiger partial charge in [0.2, 0.25) is 0 Å². The molecule has 1 aromatic carbocycles. The molecular formula is C24H33IN6. The molecular weight excluding hydrogens is 499 g/mol. The zero-order valence-corrected chi connectivity index (χ0v) is 20.8. The molecule has 2 N–H and O–H groups in total. The lowest BCUT2D eigenvalue weighted by molar-refractivity contribution is 0.245. The number of nitrogens with one attached hydrogen (secondary N) is 2. The number of aryl methyl sites for hydroxylation is 1. The topological polar surface area (TPSA) is 57.0 Å². The summed E-state index contributed by atoms with van der Waals surface area (Å²) in [6.45, 7) is 6.01. The minimum absolute atomic E-state index is 0. The van der Waals surface area contributed by atoms with Crippen LogP contribution in [0.3, 0.4) is 0 Å². The van der Waals surface area contributed by atoms with Crippen molar-refractivity contribution in [3.63, 3.8) is 0 Å². The van der Waals surface area contributed by atoms with Gasteiger partial charge in [0, 0.05) is 51.5 Å². The fourth-order valence-electron chi connectivity index (χ4n) is 4.22. The minimum atomic E-state index is 0. The Morgan fingerprint density at radius 3 is 2.77 bits per heavy atom. The summed E-state index contributed by atoms with van der Waals surface area (Å²) in [4.78, 5) is 11.7. The maximum absolute atomic E-state index is 4.75. The molecule has 1 saturated heterocycles. The highest BCUT2D eigenvalue weighted by Gasteiger charge is 2.24. The van der Waals surface area contributed by atoms with Crippen molar-refractivity contribution < 1.29 is 0 Å². The number of fused-ring (bicyclic) bond motifs is 1. The Morgan fingerprint density at radius 2 is 2.00 bits per heavy atom. The molecule has 1 unspecified atom stereocenters. The standard InChI is InChI=1S/C24H32N6.HI/c1-19-8-6-15-30-18-21(28-23(19)30)12-13-26-24(25-2)27-16-22-11-7-14-29(22)17-20-9-4-3-5-10-20;/h3-6,8-10,15,18,22H,7,11-14,16-17H2,1-2H3,(H2,25,26,27);1H.